The number of carbonyl (C=O) groups excluding carboxylic acids is 1. The van der Waals surface area contributed by atoms with Gasteiger partial charge in [0.25, 0.3) is 0 Å². The van der Waals surface area contributed by atoms with Gasteiger partial charge < -0.3 is 15.4 Å². The molecule has 2 heterocycles. The van der Waals surface area contributed by atoms with E-state index in [-0.39, 0.29) is 17.5 Å². The molecule has 0 radical (unpaired) electrons. The molecule has 21 heavy (non-hydrogen) atoms. The van der Waals surface area contributed by atoms with Gasteiger partial charge in [-0.2, -0.15) is 0 Å². The largest absolute Gasteiger partial charge is 0.377 e. The van der Waals surface area contributed by atoms with E-state index < -0.39 is 0 Å². The molecular weight excluding hydrogens is 284 g/mol. The van der Waals surface area contributed by atoms with Crippen LogP contribution in [0, 0.1) is 11.3 Å². The molecule has 0 spiro atoms. The summed E-state index contributed by atoms with van der Waals surface area (Å²) in [4.78, 5) is 13.4. The second kappa shape index (κ2) is 5.61. The highest BCUT2D eigenvalue weighted by Crippen LogP contribution is 2.52. The summed E-state index contributed by atoms with van der Waals surface area (Å²) in [5.41, 5.74) is 0.0396. The normalized spacial score (nSPS) is 31.1. The fraction of sp³-hybridized carbons (Fsp3) is 0.688. The minimum Gasteiger partial charge on any atom is -0.377 e. The van der Waals surface area contributed by atoms with Gasteiger partial charge in [-0.25, -0.2) is 4.79 Å². The van der Waals surface area contributed by atoms with Gasteiger partial charge in [-0.15, -0.1) is 11.3 Å². The van der Waals surface area contributed by atoms with Gasteiger partial charge in [0.05, 0.1) is 6.10 Å². The standard InChI is InChI=1S/C16H24N2O2S/c1-10(12-5-4-8-21-12)9-17-15(19)18-13-11-6-7-20-14(11)16(13,2)3/h4-5,8,10-11,13-14H,6-7,9H2,1-3H3,(H2,17,18,19)/t10-,11-,13-,14-/m1/s1. The van der Waals surface area contributed by atoms with Crippen molar-refractivity contribution in [3.63, 3.8) is 0 Å². The number of hydrogen-bond donors (Lipinski definition) is 2. The minimum atomic E-state index is -0.0539. The van der Waals surface area contributed by atoms with E-state index >= 15 is 0 Å². The summed E-state index contributed by atoms with van der Waals surface area (Å²) in [6.07, 6.45) is 1.37. The molecule has 116 valence electrons. The lowest BCUT2D eigenvalue weighted by Crippen LogP contribution is -2.67. The van der Waals surface area contributed by atoms with Crippen LogP contribution in [0.15, 0.2) is 17.5 Å². The van der Waals surface area contributed by atoms with Gasteiger partial charge >= 0.3 is 6.03 Å². The molecule has 1 aliphatic heterocycles. The van der Waals surface area contributed by atoms with Crippen LogP contribution in [0.1, 0.15) is 38.0 Å². The number of hydrogen-bond acceptors (Lipinski definition) is 3. The van der Waals surface area contributed by atoms with Gasteiger partial charge in [-0.3, -0.25) is 0 Å². The van der Waals surface area contributed by atoms with Gasteiger partial charge in [-0.1, -0.05) is 26.8 Å². The number of ether oxygens (including phenoxy) is 1. The van der Waals surface area contributed by atoms with Crippen molar-refractivity contribution in [1.82, 2.24) is 10.6 Å². The highest BCUT2D eigenvalue weighted by Gasteiger charge is 2.59. The maximum Gasteiger partial charge on any atom is 0.315 e. The van der Waals surface area contributed by atoms with E-state index in [2.05, 4.69) is 42.9 Å². The number of nitrogens with one attached hydrogen (secondary N) is 2. The summed E-state index contributed by atoms with van der Waals surface area (Å²) < 4.78 is 5.76. The Morgan fingerprint density at radius 3 is 3.10 bits per heavy atom. The summed E-state index contributed by atoms with van der Waals surface area (Å²) >= 11 is 1.74. The molecule has 0 aromatic carbocycles. The zero-order valence-electron chi connectivity index (χ0n) is 12.9. The van der Waals surface area contributed by atoms with Crippen LogP contribution < -0.4 is 10.6 Å². The first kappa shape index (κ1) is 14.9. The average molecular weight is 308 g/mol. The lowest BCUT2D eigenvalue weighted by molar-refractivity contribution is -0.108. The molecule has 4 nitrogen and oxygen atoms in total. The van der Waals surface area contributed by atoms with Crippen molar-refractivity contribution < 1.29 is 9.53 Å². The molecule has 3 rings (SSSR count). The Balaban J connectivity index is 1.48. The number of fused-ring (bicyclic) bond motifs is 1. The Morgan fingerprint density at radius 2 is 2.38 bits per heavy atom. The zero-order valence-corrected chi connectivity index (χ0v) is 13.7. The van der Waals surface area contributed by atoms with E-state index in [1.54, 1.807) is 11.3 Å². The monoisotopic (exact) mass is 308 g/mol. The van der Waals surface area contributed by atoms with E-state index in [0.717, 1.165) is 13.0 Å². The maximum atomic E-state index is 12.1. The molecule has 1 aromatic heterocycles. The highest BCUT2D eigenvalue weighted by atomic mass is 32.1. The van der Waals surface area contributed by atoms with Gasteiger partial charge in [0.2, 0.25) is 0 Å². The number of amides is 2. The number of rotatable bonds is 4. The van der Waals surface area contributed by atoms with E-state index in [1.165, 1.54) is 4.88 Å². The molecule has 2 aliphatic rings. The fourth-order valence-electron chi connectivity index (χ4n) is 3.73. The third kappa shape index (κ3) is 2.69. The lowest BCUT2D eigenvalue weighted by Gasteiger charge is -2.54. The van der Waals surface area contributed by atoms with Gasteiger partial charge in [0.1, 0.15) is 0 Å². The van der Waals surface area contributed by atoms with Gasteiger partial charge in [-0.05, 0) is 17.9 Å². The zero-order chi connectivity index (χ0) is 15.0. The van der Waals surface area contributed by atoms with Crippen LogP contribution >= 0.6 is 11.3 Å². The minimum absolute atomic E-state index is 0.0396. The van der Waals surface area contributed by atoms with Crippen molar-refractivity contribution in [1.29, 1.82) is 0 Å². The van der Waals surface area contributed by atoms with Crippen molar-refractivity contribution in [3.05, 3.63) is 22.4 Å². The van der Waals surface area contributed by atoms with E-state index in [1.807, 2.05) is 6.07 Å². The van der Waals surface area contributed by atoms with Crippen molar-refractivity contribution in [2.75, 3.05) is 13.2 Å². The van der Waals surface area contributed by atoms with Crippen LogP contribution in [0.4, 0.5) is 4.79 Å². The SMILES string of the molecule is C[C@H](CNC(=O)N[C@@H]1[C@H]2CCO[C@H]2C1(C)C)c1cccs1. The summed E-state index contributed by atoms with van der Waals surface area (Å²) in [6, 6.07) is 4.34. The molecule has 0 unspecified atom stereocenters. The van der Waals surface area contributed by atoms with Crippen molar-refractivity contribution in [2.45, 2.75) is 45.3 Å². The number of carbonyl (C=O) groups is 1. The Kier molecular flexibility index (Phi) is 3.97. The Bertz CT molecular complexity index is 500. The summed E-state index contributed by atoms with van der Waals surface area (Å²) in [7, 11) is 0. The summed E-state index contributed by atoms with van der Waals surface area (Å²) in [5, 5.41) is 8.23. The highest BCUT2D eigenvalue weighted by molar-refractivity contribution is 7.10. The third-order valence-electron chi connectivity index (χ3n) is 4.98. The molecule has 2 fully saturated rings. The van der Waals surface area contributed by atoms with Crippen LogP contribution in [0.5, 0.6) is 0 Å². The second-order valence-corrected chi connectivity index (χ2v) is 7.79. The van der Waals surface area contributed by atoms with E-state index in [4.69, 9.17) is 4.74 Å². The van der Waals surface area contributed by atoms with Crippen molar-refractivity contribution in [2.24, 2.45) is 11.3 Å². The molecular formula is C16H24N2O2S. The molecule has 1 aliphatic carbocycles. The Morgan fingerprint density at radius 1 is 1.57 bits per heavy atom. The van der Waals surface area contributed by atoms with Gasteiger partial charge in [0.15, 0.2) is 0 Å². The average Bonchev–Trinajstić information content (AvgIpc) is 3.11. The first-order valence-electron chi connectivity index (χ1n) is 7.69. The topological polar surface area (TPSA) is 50.4 Å². The molecule has 5 heteroatoms. The summed E-state index contributed by atoms with van der Waals surface area (Å²) in [5.74, 6) is 0.841. The Labute approximate surface area is 130 Å². The lowest BCUT2D eigenvalue weighted by atomic mass is 9.57. The molecule has 4 atom stereocenters. The van der Waals surface area contributed by atoms with Crippen LogP contribution in [0.25, 0.3) is 0 Å². The van der Waals surface area contributed by atoms with Crippen molar-refractivity contribution in [3.8, 4) is 0 Å². The maximum absolute atomic E-state index is 12.1. The smallest absolute Gasteiger partial charge is 0.315 e. The molecule has 1 saturated heterocycles. The number of urea groups is 1. The van der Waals surface area contributed by atoms with Crippen LogP contribution in [-0.2, 0) is 4.74 Å². The molecule has 1 aromatic rings. The van der Waals surface area contributed by atoms with E-state index in [9.17, 15) is 4.79 Å². The summed E-state index contributed by atoms with van der Waals surface area (Å²) in [6.45, 7) is 8.00. The van der Waals surface area contributed by atoms with E-state index in [0.29, 0.717) is 24.5 Å². The molecule has 1 saturated carbocycles. The van der Waals surface area contributed by atoms with Crippen LogP contribution in [0.2, 0.25) is 0 Å². The predicted molar refractivity (Wildman–Crippen MR) is 84.7 cm³/mol. The predicted octanol–water partition coefficient (Wildman–Crippen LogP) is 2.96. The third-order valence-corrected chi connectivity index (χ3v) is 6.09. The first-order chi connectivity index (χ1) is 10.00. The molecule has 2 N–H and O–H groups in total. The van der Waals surface area contributed by atoms with Crippen molar-refractivity contribution >= 4 is 17.4 Å². The molecule has 0 bridgehead atoms. The molecule has 2 amide bonds. The second-order valence-electron chi connectivity index (χ2n) is 6.81. The Hall–Kier alpha value is -1.07. The first-order valence-corrected chi connectivity index (χ1v) is 8.57. The van der Waals surface area contributed by atoms with Gasteiger partial charge in [0, 0.05) is 41.3 Å². The fourth-order valence-corrected chi connectivity index (χ4v) is 4.51. The number of thiophene rings is 1. The van der Waals surface area contributed by atoms with Crippen LogP contribution in [-0.4, -0.2) is 31.3 Å². The van der Waals surface area contributed by atoms with Crippen LogP contribution in [0.3, 0.4) is 0 Å². The quantitative estimate of drug-likeness (QED) is 0.898.